The number of rotatable bonds is 18. The molecule has 0 N–H and O–H groups in total. The van der Waals surface area contributed by atoms with Gasteiger partial charge in [-0.25, -0.2) is 4.21 Å². The molecule has 0 saturated carbocycles. The molecule has 0 aliphatic rings. The van der Waals surface area contributed by atoms with Crippen molar-refractivity contribution >= 4 is 11.4 Å². The van der Waals surface area contributed by atoms with Gasteiger partial charge in [-0.05, 0) is 31.1 Å². The van der Waals surface area contributed by atoms with Crippen LogP contribution < -0.4 is 0 Å². The van der Waals surface area contributed by atoms with Crippen LogP contribution >= 0.6 is 0 Å². The molecule has 0 aromatic carbocycles. The van der Waals surface area contributed by atoms with Crippen LogP contribution in [0.4, 0.5) is 0 Å². The van der Waals surface area contributed by atoms with Gasteiger partial charge in [0.25, 0.3) is 0 Å². The molecule has 0 amide bonds. The molecule has 0 spiro atoms. The van der Waals surface area contributed by atoms with Crippen LogP contribution in [0.1, 0.15) is 91.4 Å². The second-order valence-corrected chi connectivity index (χ2v) is 9.37. The molecule has 0 radical (unpaired) electrons. The minimum atomic E-state index is -2.37. The number of nitrogens with zero attached hydrogens (tertiary/aromatic N) is 1. The first-order valence-corrected chi connectivity index (χ1v) is 11.8. The van der Waals surface area contributed by atoms with E-state index in [2.05, 4.69) is 39.0 Å². The Balaban J connectivity index is 3.78. The molecule has 0 aromatic rings. The summed E-state index contributed by atoms with van der Waals surface area (Å²) >= 11 is -2.37. The van der Waals surface area contributed by atoms with Gasteiger partial charge in [0.2, 0.25) is 0 Å². The molecule has 0 aliphatic heterocycles. The van der Waals surface area contributed by atoms with Crippen LogP contribution in [0.5, 0.6) is 0 Å². The summed E-state index contributed by atoms with van der Waals surface area (Å²) in [6, 6.07) is 0. The highest BCUT2D eigenvalue weighted by molar-refractivity contribution is 7.74. The Kier molecular flexibility index (Phi) is 16.0. The second kappa shape index (κ2) is 16.0. The van der Waals surface area contributed by atoms with E-state index in [4.69, 9.17) is 0 Å². The van der Waals surface area contributed by atoms with Crippen LogP contribution in [0, 0.1) is 11.8 Å². The van der Waals surface area contributed by atoms with E-state index in [1.54, 1.807) is 0 Å². The smallest absolute Gasteiger partial charge is 0.0842 e. The lowest BCUT2D eigenvalue weighted by atomic mass is 9.87. The molecule has 0 rings (SSSR count). The third kappa shape index (κ3) is 16.2. The van der Waals surface area contributed by atoms with Gasteiger partial charge in [0.05, 0.1) is 45.2 Å². The summed E-state index contributed by atoms with van der Waals surface area (Å²) in [6.45, 7) is 9.48. The zero-order chi connectivity index (χ0) is 19.8. The van der Waals surface area contributed by atoms with E-state index < -0.39 is 11.4 Å². The largest absolute Gasteiger partial charge is 0.750 e. The van der Waals surface area contributed by atoms with Crippen molar-refractivity contribution in [1.29, 1.82) is 0 Å². The first-order valence-electron chi connectivity index (χ1n) is 10.8. The van der Waals surface area contributed by atoms with Gasteiger partial charge < -0.3 is 13.2 Å². The number of unbranched alkanes of at least 4 members (excludes halogenated alkanes) is 4. The highest BCUT2D eigenvalue weighted by Crippen LogP contribution is 2.25. The van der Waals surface area contributed by atoms with Crippen LogP contribution in [0.25, 0.3) is 0 Å². The van der Waals surface area contributed by atoms with E-state index in [1.807, 2.05) is 0 Å². The average molecular weight is 392 g/mol. The summed E-state index contributed by atoms with van der Waals surface area (Å²) in [5, 5.41) is 0. The molecule has 0 aromatic heterocycles. The first kappa shape index (κ1) is 26.0. The zero-order valence-electron chi connectivity index (χ0n) is 18.1. The fraction of sp³-hybridized carbons (Fsp3) is 1.00. The Morgan fingerprint density at radius 1 is 0.962 bits per heavy atom. The van der Waals surface area contributed by atoms with Crippen molar-refractivity contribution in [3.05, 3.63) is 0 Å². The molecule has 0 heterocycles. The van der Waals surface area contributed by atoms with E-state index in [-0.39, 0.29) is 0 Å². The second-order valence-electron chi connectivity index (χ2n) is 8.72. The Morgan fingerprint density at radius 3 is 2.23 bits per heavy atom. The van der Waals surface area contributed by atoms with Crippen LogP contribution in [-0.2, 0) is 15.5 Å². The highest BCUT2D eigenvalue weighted by Gasteiger charge is 2.15. The highest BCUT2D eigenvalue weighted by atomic mass is 32.2. The van der Waals surface area contributed by atoms with Crippen molar-refractivity contribution in [2.75, 3.05) is 33.8 Å². The van der Waals surface area contributed by atoms with Crippen molar-refractivity contribution in [2.45, 2.75) is 91.4 Å². The molecule has 3 unspecified atom stereocenters. The summed E-state index contributed by atoms with van der Waals surface area (Å²) in [5.41, 5.74) is 0. The lowest BCUT2D eigenvalue weighted by Gasteiger charge is -2.30. The maximum atomic E-state index is 10.4. The maximum Gasteiger partial charge on any atom is 0.0842 e. The molecule has 26 heavy (non-hydrogen) atoms. The summed E-state index contributed by atoms with van der Waals surface area (Å²) in [6.07, 6.45) is 14.3. The van der Waals surface area contributed by atoms with E-state index in [1.165, 1.54) is 64.2 Å². The van der Waals surface area contributed by atoms with Gasteiger partial charge in [0.15, 0.2) is 0 Å². The van der Waals surface area contributed by atoms with Crippen LogP contribution in [-0.4, -0.2) is 47.0 Å². The van der Waals surface area contributed by atoms with E-state index in [9.17, 15) is 8.76 Å². The van der Waals surface area contributed by atoms with Gasteiger partial charge in [0.1, 0.15) is 0 Å². The van der Waals surface area contributed by atoms with Gasteiger partial charge in [-0.15, -0.1) is 0 Å². The molecule has 0 aliphatic carbocycles. The molecular weight excluding hydrogens is 346 g/mol. The summed E-state index contributed by atoms with van der Waals surface area (Å²) in [7, 11) is 4.45. The summed E-state index contributed by atoms with van der Waals surface area (Å²) in [4.78, 5) is 0. The van der Waals surface area contributed by atoms with Crippen molar-refractivity contribution in [3.8, 4) is 0 Å². The predicted octanol–water partition coefficient (Wildman–Crippen LogP) is 5.46. The minimum Gasteiger partial charge on any atom is -0.750 e. The summed E-state index contributed by atoms with van der Waals surface area (Å²) < 4.78 is 26.2. The van der Waals surface area contributed by atoms with Crippen LogP contribution in [0.3, 0.4) is 0 Å². The number of quaternary nitrogens is 1. The van der Waals surface area contributed by atoms with E-state index in [0.29, 0.717) is 6.61 Å². The Hall–Kier alpha value is 0.0300. The van der Waals surface area contributed by atoms with E-state index >= 15 is 0 Å². The Labute approximate surface area is 166 Å². The molecular formula is C21H45NO3S. The SMILES string of the molecule is CCCCCC(C)CC(CC)CCCCC[N+](C)(C)CCCOS(=O)[O-]. The van der Waals surface area contributed by atoms with Gasteiger partial charge in [0, 0.05) is 6.42 Å². The molecule has 4 nitrogen and oxygen atoms in total. The topological polar surface area (TPSA) is 49.4 Å². The first-order chi connectivity index (χ1) is 12.3. The molecule has 5 heteroatoms. The molecule has 0 bridgehead atoms. The number of hydrogen-bond acceptors (Lipinski definition) is 3. The fourth-order valence-electron chi connectivity index (χ4n) is 3.80. The predicted molar refractivity (Wildman–Crippen MR) is 112 cm³/mol. The third-order valence-corrected chi connectivity index (χ3v) is 5.94. The zero-order valence-corrected chi connectivity index (χ0v) is 19.0. The van der Waals surface area contributed by atoms with Crippen molar-refractivity contribution in [2.24, 2.45) is 11.8 Å². The van der Waals surface area contributed by atoms with Crippen molar-refractivity contribution in [3.63, 3.8) is 0 Å². The molecule has 0 fully saturated rings. The lowest BCUT2D eigenvalue weighted by molar-refractivity contribution is -0.890. The Morgan fingerprint density at radius 2 is 1.62 bits per heavy atom. The quantitative estimate of drug-likeness (QED) is 0.177. The Bertz CT molecular complexity index is 350. The van der Waals surface area contributed by atoms with Gasteiger partial charge in [-0.3, -0.25) is 0 Å². The van der Waals surface area contributed by atoms with Crippen molar-refractivity contribution < 1.29 is 17.4 Å². The number of hydrogen-bond donors (Lipinski definition) is 0. The standard InChI is InChI=1S/C21H45NO3S/c1-6-8-10-14-20(3)19-21(7-2)15-11-9-12-16-22(4,5)17-13-18-25-26(23)24/h20-21H,6-19H2,1-5H3. The monoisotopic (exact) mass is 391 g/mol. The van der Waals surface area contributed by atoms with E-state index in [0.717, 1.165) is 35.8 Å². The third-order valence-electron chi connectivity index (χ3n) is 5.58. The lowest BCUT2D eigenvalue weighted by Crippen LogP contribution is -2.41. The molecule has 3 atom stereocenters. The van der Waals surface area contributed by atoms with Gasteiger partial charge in [-0.1, -0.05) is 65.7 Å². The summed E-state index contributed by atoms with van der Waals surface area (Å²) in [5.74, 6) is 1.78. The molecule has 0 saturated heterocycles. The van der Waals surface area contributed by atoms with Crippen LogP contribution in [0.15, 0.2) is 0 Å². The fourth-order valence-corrected chi connectivity index (χ4v) is 4.05. The average Bonchev–Trinajstić information content (AvgIpc) is 2.57. The maximum absolute atomic E-state index is 10.4. The van der Waals surface area contributed by atoms with Crippen LogP contribution in [0.2, 0.25) is 0 Å². The minimum absolute atomic E-state index is 0.298. The van der Waals surface area contributed by atoms with Crippen molar-refractivity contribution in [1.82, 2.24) is 0 Å². The molecule has 158 valence electrons. The van der Waals surface area contributed by atoms with Gasteiger partial charge in [-0.2, -0.15) is 0 Å². The normalized spacial score (nSPS) is 15.8. The van der Waals surface area contributed by atoms with Gasteiger partial charge >= 0.3 is 0 Å².